The number of amides is 1. The Morgan fingerprint density at radius 1 is 0.900 bits per heavy atom. The third-order valence-electron chi connectivity index (χ3n) is 6.58. The van der Waals surface area contributed by atoms with E-state index in [-0.39, 0.29) is 25.0 Å². The predicted octanol–water partition coefficient (Wildman–Crippen LogP) is 8.16. The van der Waals surface area contributed by atoms with E-state index in [0.29, 0.717) is 35.3 Å². The van der Waals surface area contributed by atoms with Crippen LogP contribution in [0.25, 0.3) is 0 Å². The predicted molar refractivity (Wildman–Crippen MR) is 160 cm³/mol. The smallest absolute Gasteiger partial charge is 0.303 e. The maximum absolute atomic E-state index is 13.1. The second-order valence-electron chi connectivity index (χ2n) is 11.3. The monoisotopic (exact) mass is 545 g/mol. The highest BCUT2D eigenvalue weighted by molar-refractivity contribution is 6.06. The molecule has 0 saturated carbocycles. The van der Waals surface area contributed by atoms with Gasteiger partial charge in [0, 0.05) is 12.1 Å². The van der Waals surface area contributed by atoms with Gasteiger partial charge in [0.05, 0.1) is 12.2 Å². The highest BCUT2D eigenvalue weighted by Crippen LogP contribution is 2.34. The van der Waals surface area contributed by atoms with Gasteiger partial charge in [-0.2, -0.15) is 0 Å². The van der Waals surface area contributed by atoms with Crippen LogP contribution in [0.2, 0.25) is 0 Å². The summed E-state index contributed by atoms with van der Waals surface area (Å²) in [6, 6.07) is 19.6. The molecule has 1 unspecified atom stereocenters. The number of carbonyl (C=O) groups is 2. The zero-order chi connectivity index (χ0) is 29.2. The summed E-state index contributed by atoms with van der Waals surface area (Å²) >= 11 is 0. The van der Waals surface area contributed by atoms with Crippen molar-refractivity contribution in [3.63, 3.8) is 0 Å². The number of carboxylic acids is 1. The number of rotatable bonds is 14. The second-order valence-corrected chi connectivity index (χ2v) is 11.3. The Morgan fingerprint density at radius 3 is 2.15 bits per heavy atom. The Morgan fingerprint density at radius 2 is 1.55 bits per heavy atom. The molecule has 6 nitrogen and oxygen atoms in total. The second kappa shape index (κ2) is 14.5. The summed E-state index contributed by atoms with van der Waals surface area (Å²) < 4.78 is 12.4. The zero-order valence-electron chi connectivity index (χ0n) is 24.6. The van der Waals surface area contributed by atoms with E-state index in [1.807, 2.05) is 26.0 Å². The van der Waals surface area contributed by atoms with Crippen LogP contribution in [-0.2, 0) is 11.2 Å². The number of anilines is 1. The van der Waals surface area contributed by atoms with Crippen LogP contribution < -0.4 is 14.8 Å². The number of carboxylic acid groups (broad SMARTS) is 1. The standard InChI is InChI=1S/C34H43NO5/c1-22(2)18-26-13-15-27(16-14-26)31(19-23(3)4)40-33-24(5)20-28(21-25(33)6)35-34(38)29-10-7-8-11-30(29)39-17-9-12-32(36)37/h7-8,10-11,13-16,20-23,31H,9,12,17-19H2,1-6H3,(H,35,38)(H,36,37). The molecule has 1 atom stereocenters. The fraction of sp³-hybridized carbons (Fsp3) is 0.412. The molecule has 3 aromatic carbocycles. The van der Waals surface area contributed by atoms with E-state index in [2.05, 4.69) is 57.3 Å². The number of ether oxygens (including phenoxy) is 2. The number of benzene rings is 3. The van der Waals surface area contributed by atoms with E-state index in [1.165, 1.54) is 5.56 Å². The molecule has 0 bridgehead atoms. The van der Waals surface area contributed by atoms with Gasteiger partial charge in [-0.3, -0.25) is 9.59 Å². The van der Waals surface area contributed by atoms with Crippen LogP contribution in [0.4, 0.5) is 5.69 Å². The molecule has 40 heavy (non-hydrogen) atoms. The fourth-order valence-electron chi connectivity index (χ4n) is 4.75. The Bertz CT molecular complexity index is 1260. The molecule has 0 aliphatic heterocycles. The van der Waals surface area contributed by atoms with Crippen molar-refractivity contribution in [1.82, 2.24) is 0 Å². The highest BCUT2D eigenvalue weighted by Gasteiger charge is 2.19. The van der Waals surface area contributed by atoms with Crippen molar-refractivity contribution in [3.05, 3.63) is 88.5 Å². The zero-order valence-corrected chi connectivity index (χ0v) is 24.6. The number of hydrogen-bond donors (Lipinski definition) is 2. The van der Waals surface area contributed by atoms with Crippen LogP contribution in [0, 0.1) is 25.7 Å². The van der Waals surface area contributed by atoms with Crippen LogP contribution in [0.15, 0.2) is 60.7 Å². The van der Waals surface area contributed by atoms with Gasteiger partial charge >= 0.3 is 5.97 Å². The Labute approximate surface area is 238 Å². The molecule has 6 heteroatoms. The third kappa shape index (κ3) is 9.15. The highest BCUT2D eigenvalue weighted by atomic mass is 16.5. The summed E-state index contributed by atoms with van der Waals surface area (Å²) in [6.07, 6.45) is 2.26. The molecular formula is C34H43NO5. The van der Waals surface area contributed by atoms with E-state index in [1.54, 1.807) is 24.3 Å². The molecule has 0 fully saturated rings. The summed E-state index contributed by atoms with van der Waals surface area (Å²) in [5, 5.41) is 11.8. The number of hydrogen-bond acceptors (Lipinski definition) is 4. The number of para-hydroxylation sites is 1. The van der Waals surface area contributed by atoms with Crippen molar-refractivity contribution in [2.45, 2.75) is 73.3 Å². The van der Waals surface area contributed by atoms with Crippen LogP contribution in [0.3, 0.4) is 0 Å². The molecule has 1 amide bonds. The van der Waals surface area contributed by atoms with Gasteiger partial charge in [0.1, 0.15) is 17.6 Å². The summed E-state index contributed by atoms with van der Waals surface area (Å²) in [4.78, 5) is 23.9. The van der Waals surface area contributed by atoms with Crippen molar-refractivity contribution in [1.29, 1.82) is 0 Å². The summed E-state index contributed by atoms with van der Waals surface area (Å²) in [6.45, 7) is 13.1. The molecular weight excluding hydrogens is 502 g/mol. The molecule has 3 rings (SSSR count). The van der Waals surface area contributed by atoms with Crippen molar-refractivity contribution < 1.29 is 24.2 Å². The molecule has 0 heterocycles. The normalized spacial score (nSPS) is 11.9. The Kier molecular flexibility index (Phi) is 11.2. The van der Waals surface area contributed by atoms with Gasteiger partial charge in [-0.25, -0.2) is 0 Å². The van der Waals surface area contributed by atoms with Gasteiger partial charge in [-0.1, -0.05) is 64.1 Å². The number of carbonyl (C=O) groups excluding carboxylic acids is 1. The van der Waals surface area contributed by atoms with E-state index in [0.717, 1.165) is 35.3 Å². The molecule has 0 spiro atoms. The minimum Gasteiger partial charge on any atom is -0.493 e. The lowest BCUT2D eigenvalue weighted by Crippen LogP contribution is -2.15. The fourth-order valence-corrected chi connectivity index (χ4v) is 4.75. The summed E-state index contributed by atoms with van der Waals surface area (Å²) in [5.74, 6) is 1.17. The van der Waals surface area contributed by atoms with E-state index >= 15 is 0 Å². The minimum atomic E-state index is -0.872. The van der Waals surface area contributed by atoms with Crippen molar-refractivity contribution in [3.8, 4) is 11.5 Å². The number of aryl methyl sites for hydroxylation is 2. The van der Waals surface area contributed by atoms with E-state index < -0.39 is 5.97 Å². The first-order chi connectivity index (χ1) is 19.0. The first-order valence-electron chi connectivity index (χ1n) is 14.1. The van der Waals surface area contributed by atoms with Gasteiger partial charge in [0.2, 0.25) is 0 Å². The molecule has 3 aromatic rings. The first kappa shape index (κ1) is 30.7. The largest absolute Gasteiger partial charge is 0.493 e. The summed E-state index contributed by atoms with van der Waals surface area (Å²) in [7, 11) is 0. The maximum Gasteiger partial charge on any atom is 0.303 e. The maximum atomic E-state index is 13.1. The molecule has 0 aliphatic rings. The van der Waals surface area contributed by atoms with Crippen LogP contribution in [-0.4, -0.2) is 23.6 Å². The molecule has 0 aromatic heterocycles. The first-order valence-corrected chi connectivity index (χ1v) is 14.1. The molecule has 214 valence electrons. The van der Waals surface area contributed by atoms with Crippen LogP contribution in [0.1, 0.15) is 85.7 Å². The van der Waals surface area contributed by atoms with Gasteiger partial charge in [-0.05, 0) is 91.5 Å². The Hall–Kier alpha value is -3.80. The summed E-state index contributed by atoms with van der Waals surface area (Å²) in [5.41, 5.74) is 5.45. The lowest BCUT2D eigenvalue weighted by atomic mass is 9.96. The molecule has 0 radical (unpaired) electrons. The quantitative estimate of drug-likeness (QED) is 0.200. The van der Waals surface area contributed by atoms with E-state index in [9.17, 15) is 9.59 Å². The van der Waals surface area contributed by atoms with Gasteiger partial charge in [-0.15, -0.1) is 0 Å². The SMILES string of the molecule is Cc1cc(NC(=O)c2ccccc2OCCCC(=O)O)cc(C)c1OC(CC(C)C)c1ccc(CC(C)C)cc1. The average Bonchev–Trinajstić information content (AvgIpc) is 2.88. The topological polar surface area (TPSA) is 84.9 Å². The third-order valence-corrected chi connectivity index (χ3v) is 6.58. The lowest BCUT2D eigenvalue weighted by molar-refractivity contribution is -0.137. The van der Waals surface area contributed by atoms with E-state index in [4.69, 9.17) is 14.6 Å². The Balaban J connectivity index is 1.75. The molecule has 0 saturated heterocycles. The lowest BCUT2D eigenvalue weighted by Gasteiger charge is -2.24. The van der Waals surface area contributed by atoms with Gasteiger partial charge in [0.25, 0.3) is 5.91 Å². The van der Waals surface area contributed by atoms with Gasteiger partial charge < -0.3 is 19.9 Å². The molecule has 2 N–H and O–H groups in total. The van der Waals surface area contributed by atoms with Crippen molar-refractivity contribution in [2.24, 2.45) is 11.8 Å². The van der Waals surface area contributed by atoms with Crippen LogP contribution >= 0.6 is 0 Å². The molecule has 0 aliphatic carbocycles. The number of aliphatic carboxylic acids is 1. The van der Waals surface area contributed by atoms with Crippen molar-refractivity contribution in [2.75, 3.05) is 11.9 Å². The van der Waals surface area contributed by atoms with Crippen molar-refractivity contribution >= 4 is 17.6 Å². The van der Waals surface area contributed by atoms with Crippen LogP contribution in [0.5, 0.6) is 11.5 Å². The number of nitrogens with one attached hydrogen (secondary N) is 1. The van der Waals surface area contributed by atoms with Gasteiger partial charge in [0.15, 0.2) is 0 Å². The minimum absolute atomic E-state index is 0.0167. The average molecular weight is 546 g/mol.